The number of nitrogen functional groups attached to an aromatic ring is 1. The number of rotatable bonds is 6. The molecule has 0 aromatic heterocycles. The van der Waals surface area contributed by atoms with E-state index < -0.39 is 10.0 Å². The molecule has 1 aromatic rings. The molecule has 0 fully saturated rings. The molecule has 0 aliphatic heterocycles. The van der Waals surface area contributed by atoms with Gasteiger partial charge >= 0.3 is 0 Å². The topological polar surface area (TPSA) is 66.6 Å². The molecule has 0 saturated carbocycles. The number of hydrogen-bond acceptors (Lipinski definition) is 4. The molecule has 0 heterocycles. The van der Waals surface area contributed by atoms with Crippen LogP contribution in [0.3, 0.4) is 0 Å². The minimum Gasteiger partial charge on any atom is -0.399 e. The van der Waals surface area contributed by atoms with Crippen molar-refractivity contribution in [3.63, 3.8) is 0 Å². The maximum absolute atomic E-state index is 12.5. The molecule has 0 unspecified atom stereocenters. The second kappa shape index (κ2) is 6.95. The van der Waals surface area contributed by atoms with Gasteiger partial charge < -0.3 is 10.6 Å². The van der Waals surface area contributed by atoms with E-state index in [0.29, 0.717) is 18.7 Å². The van der Waals surface area contributed by atoms with Crippen LogP contribution in [0.1, 0.15) is 6.42 Å². The minimum atomic E-state index is -3.72. The first-order chi connectivity index (χ1) is 9.16. The molecular formula is C12H19Cl2N3O2S. The molecular weight excluding hydrogens is 321 g/mol. The van der Waals surface area contributed by atoms with E-state index in [4.69, 9.17) is 28.9 Å². The van der Waals surface area contributed by atoms with Crippen LogP contribution in [-0.2, 0) is 10.0 Å². The highest BCUT2D eigenvalue weighted by Crippen LogP contribution is 2.33. The van der Waals surface area contributed by atoms with Gasteiger partial charge in [-0.1, -0.05) is 23.2 Å². The summed E-state index contributed by atoms with van der Waals surface area (Å²) < 4.78 is 26.2. The molecule has 0 atom stereocenters. The smallest absolute Gasteiger partial charge is 0.245 e. The molecule has 0 aliphatic rings. The van der Waals surface area contributed by atoms with Gasteiger partial charge in [0.1, 0.15) is 4.90 Å². The van der Waals surface area contributed by atoms with Crippen LogP contribution in [0.5, 0.6) is 0 Å². The Morgan fingerprint density at radius 3 is 2.05 bits per heavy atom. The molecule has 0 spiro atoms. The lowest BCUT2D eigenvalue weighted by Gasteiger charge is -2.20. The van der Waals surface area contributed by atoms with E-state index in [-0.39, 0.29) is 14.9 Å². The van der Waals surface area contributed by atoms with Crippen LogP contribution >= 0.6 is 23.2 Å². The summed E-state index contributed by atoms with van der Waals surface area (Å²) in [5.41, 5.74) is 5.91. The molecule has 2 N–H and O–H groups in total. The maximum atomic E-state index is 12.5. The number of nitrogens with zero attached hydrogens (tertiary/aromatic N) is 2. The molecule has 0 amide bonds. The monoisotopic (exact) mass is 339 g/mol. The Kier molecular flexibility index (Phi) is 6.09. The minimum absolute atomic E-state index is 0.0365. The Bertz CT molecular complexity index is 553. The summed E-state index contributed by atoms with van der Waals surface area (Å²) in [7, 11) is 1.65. The molecule has 8 heteroatoms. The molecule has 1 aromatic carbocycles. The third-order valence-corrected chi connectivity index (χ3v) is 5.55. The van der Waals surface area contributed by atoms with Gasteiger partial charge in [-0.2, -0.15) is 0 Å². The van der Waals surface area contributed by atoms with Crippen LogP contribution in [0, 0.1) is 0 Å². The Hall–Kier alpha value is -0.530. The summed E-state index contributed by atoms with van der Waals surface area (Å²) in [4.78, 5) is 1.89. The van der Waals surface area contributed by atoms with Crippen molar-refractivity contribution < 1.29 is 8.42 Å². The van der Waals surface area contributed by atoms with Crippen LogP contribution in [0.15, 0.2) is 17.0 Å². The summed E-state index contributed by atoms with van der Waals surface area (Å²) in [6.07, 6.45) is 0.715. The average Bonchev–Trinajstić information content (AvgIpc) is 2.26. The molecule has 1 rings (SSSR count). The molecule has 114 valence electrons. The molecule has 0 saturated heterocycles. The zero-order chi connectivity index (χ0) is 15.5. The van der Waals surface area contributed by atoms with Gasteiger partial charge in [-0.15, -0.1) is 0 Å². The van der Waals surface area contributed by atoms with E-state index in [9.17, 15) is 8.42 Å². The Balaban J connectivity index is 2.99. The number of nitrogens with two attached hydrogens (primary N) is 1. The summed E-state index contributed by atoms with van der Waals surface area (Å²) in [5, 5.41) is 0.0731. The molecule has 0 radical (unpaired) electrons. The van der Waals surface area contributed by atoms with E-state index in [1.807, 2.05) is 19.0 Å². The molecule has 5 nitrogen and oxygen atoms in total. The second-order valence-electron chi connectivity index (χ2n) is 4.80. The molecule has 0 aliphatic carbocycles. The van der Waals surface area contributed by atoms with Gasteiger partial charge in [-0.25, -0.2) is 12.7 Å². The summed E-state index contributed by atoms with van der Waals surface area (Å²) in [5.74, 6) is 0. The van der Waals surface area contributed by atoms with Crippen LogP contribution in [0.25, 0.3) is 0 Å². The van der Waals surface area contributed by atoms with Gasteiger partial charge in [0, 0.05) is 19.3 Å². The van der Waals surface area contributed by atoms with E-state index in [2.05, 4.69) is 0 Å². The Morgan fingerprint density at radius 1 is 1.10 bits per heavy atom. The van der Waals surface area contributed by atoms with Gasteiger partial charge in [-0.3, -0.25) is 0 Å². The highest BCUT2D eigenvalue weighted by atomic mass is 35.5. The Labute approximate surface area is 130 Å². The van der Waals surface area contributed by atoms with Crippen molar-refractivity contribution in [2.75, 3.05) is 40.0 Å². The van der Waals surface area contributed by atoms with Gasteiger partial charge in [0.15, 0.2) is 0 Å². The van der Waals surface area contributed by atoms with Crippen molar-refractivity contribution in [2.24, 2.45) is 0 Å². The zero-order valence-corrected chi connectivity index (χ0v) is 14.1. The predicted octanol–water partition coefficient (Wildman–Crippen LogP) is 2.15. The van der Waals surface area contributed by atoms with Crippen LogP contribution in [0.4, 0.5) is 5.69 Å². The van der Waals surface area contributed by atoms with Crippen molar-refractivity contribution in [3.05, 3.63) is 22.2 Å². The quantitative estimate of drug-likeness (QED) is 0.806. The predicted molar refractivity (Wildman–Crippen MR) is 83.9 cm³/mol. The van der Waals surface area contributed by atoms with Crippen molar-refractivity contribution in [3.8, 4) is 0 Å². The first kappa shape index (κ1) is 17.5. The standard InChI is InChI=1S/C12H19Cl2N3O2S/c1-16(2)5-4-6-17(3)20(18,19)12-10(13)7-9(15)8-11(12)14/h7-8H,4-6,15H2,1-3H3. The van der Waals surface area contributed by atoms with Gasteiger partial charge in [-0.05, 0) is 39.2 Å². The van der Waals surface area contributed by atoms with Gasteiger partial charge in [0.25, 0.3) is 0 Å². The summed E-state index contributed by atoms with van der Waals surface area (Å²) in [6, 6.07) is 2.77. The second-order valence-corrected chi connectivity index (χ2v) is 7.59. The van der Waals surface area contributed by atoms with Crippen LogP contribution in [0.2, 0.25) is 10.0 Å². The van der Waals surface area contributed by atoms with Crippen molar-refractivity contribution in [1.82, 2.24) is 9.21 Å². The number of anilines is 1. The number of hydrogen-bond donors (Lipinski definition) is 1. The first-order valence-corrected chi connectivity index (χ1v) is 8.21. The van der Waals surface area contributed by atoms with Crippen molar-refractivity contribution >= 4 is 38.9 Å². The van der Waals surface area contributed by atoms with Crippen LogP contribution < -0.4 is 5.73 Å². The highest BCUT2D eigenvalue weighted by Gasteiger charge is 2.26. The normalized spacial score (nSPS) is 12.3. The highest BCUT2D eigenvalue weighted by molar-refractivity contribution is 7.89. The number of benzene rings is 1. The first-order valence-electron chi connectivity index (χ1n) is 6.02. The van der Waals surface area contributed by atoms with Gasteiger partial charge in [0.05, 0.1) is 10.0 Å². The van der Waals surface area contributed by atoms with Crippen molar-refractivity contribution in [1.29, 1.82) is 0 Å². The third-order valence-electron chi connectivity index (χ3n) is 2.77. The maximum Gasteiger partial charge on any atom is 0.245 e. The zero-order valence-electron chi connectivity index (χ0n) is 11.7. The molecule has 20 heavy (non-hydrogen) atoms. The largest absolute Gasteiger partial charge is 0.399 e. The average molecular weight is 340 g/mol. The fourth-order valence-electron chi connectivity index (χ4n) is 1.71. The fourth-order valence-corrected chi connectivity index (χ4v) is 4.09. The lowest BCUT2D eigenvalue weighted by Crippen LogP contribution is -2.30. The summed E-state index contributed by atoms with van der Waals surface area (Å²) >= 11 is 11.9. The van der Waals surface area contributed by atoms with Crippen molar-refractivity contribution in [2.45, 2.75) is 11.3 Å². The van der Waals surface area contributed by atoms with E-state index in [1.165, 1.54) is 23.5 Å². The third kappa shape index (κ3) is 4.23. The number of halogens is 2. The van der Waals surface area contributed by atoms with E-state index >= 15 is 0 Å². The lowest BCUT2D eigenvalue weighted by atomic mass is 10.3. The van der Waals surface area contributed by atoms with E-state index in [1.54, 1.807) is 0 Å². The van der Waals surface area contributed by atoms with Crippen LogP contribution in [-0.4, -0.2) is 51.9 Å². The Morgan fingerprint density at radius 2 is 1.60 bits per heavy atom. The lowest BCUT2D eigenvalue weighted by molar-refractivity contribution is 0.370. The van der Waals surface area contributed by atoms with Gasteiger partial charge in [0.2, 0.25) is 10.0 Å². The molecule has 0 bridgehead atoms. The SMILES string of the molecule is CN(C)CCCN(C)S(=O)(=O)c1c(Cl)cc(N)cc1Cl. The number of sulfonamides is 1. The fraction of sp³-hybridized carbons (Fsp3) is 0.500. The van der Waals surface area contributed by atoms with E-state index in [0.717, 1.165) is 6.54 Å². The summed E-state index contributed by atoms with van der Waals surface area (Å²) in [6.45, 7) is 1.18.